The van der Waals surface area contributed by atoms with Gasteiger partial charge in [0.25, 0.3) is 6.26 Å². The number of rotatable bonds is 6. The van der Waals surface area contributed by atoms with Crippen LogP contribution < -0.4 is 9.64 Å². The molecule has 0 unspecified atom stereocenters. The van der Waals surface area contributed by atoms with Crippen molar-refractivity contribution in [3.63, 3.8) is 0 Å². The van der Waals surface area contributed by atoms with Gasteiger partial charge in [0.05, 0.1) is 12.1 Å². The summed E-state index contributed by atoms with van der Waals surface area (Å²) >= 11 is 0. The molecule has 0 aromatic heterocycles. The van der Waals surface area contributed by atoms with Crippen LogP contribution in [0.2, 0.25) is 0 Å². The average Bonchev–Trinajstić information content (AvgIpc) is 2.32. The zero-order valence-electron chi connectivity index (χ0n) is 8.87. The quantitative estimate of drug-likeness (QED) is 0.585. The molecule has 0 saturated carbocycles. The highest BCUT2D eigenvalue weighted by atomic mass is 16.5. The number of nitriles is 1. The Morgan fingerprint density at radius 1 is 1.53 bits per heavy atom. The first-order chi connectivity index (χ1) is 8.19. The number of para-hydroxylation sites is 2. The van der Waals surface area contributed by atoms with Gasteiger partial charge in [0, 0.05) is 6.54 Å². The molecule has 0 saturated heterocycles. The fraction of sp³-hybridized carbons (Fsp3) is 0.182. The molecule has 1 amide bonds. The van der Waals surface area contributed by atoms with Gasteiger partial charge in [-0.3, -0.25) is 9.59 Å². The number of hydrogen-bond acceptors (Lipinski definition) is 4. The molecule has 0 atom stereocenters. The lowest BCUT2D eigenvalue weighted by molar-refractivity contribution is -0.136. The van der Waals surface area contributed by atoms with Gasteiger partial charge < -0.3 is 14.7 Å². The smallest absolute Gasteiger partial charge is 0.305 e. The zero-order valence-corrected chi connectivity index (χ0v) is 8.87. The molecule has 0 aliphatic heterocycles. The van der Waals surface area contributed by atoms with Crippen LogP contribution in [0.3, 0.4) is 0 Å². The van der Waals surface area contributed by atoms with Gasteiger partial charge in [-0.15, -0.1) is 5.26 Å². The number of nitrogens with zero attached hydrogens (tertiary/aromatic N) is 2. The SMILES string of the molecule is N#COc1ccccc1N(C=O)CCC(=O)O. The van der Waals surface area contributed by atoms with Crippen LogP contribution in [0.5, 0.6) is 5.75 Å². The van der Waals surface area contributed by atoms with Gasteiger partial charge in [-0.05, 0) is 12.1 Å². The second-order valence-corrected chi connectivity index (χ2v) is 3.10. The van der Waals surface area contributed by atoms with Crippen molar-refractivity contribution in [1.82, 2.24) is 0 Å². The highest BCUT2D eigenvalue weighted by molar-refractivity contribution is 5.80. The first-order valence-corrected chi connectivity index (χ1v) is 4.77. The number of aliphatic carboxylic acids is 1. The molecule has 6 nitrogen and oxygen atoms in total. The number of carbonyl (C=O) groups is 2. The third-order valence-corrected chi connectivity index (χ3v) is 2.02. The third-order valence-electron chi connectivity index (χ3n) is 2.02. The maximum absolute atomic E-state index is 10.9. The number of carbonyl (C=O) groups excluding carboxylic acids is 1. The summed E-state index contributed by atoms with van der Waals surface area (Å²) in [5.41, 5.74) is 0.366. The molecular formula is C11H10N2O4. The number of ether oxygens (including phenoxy) is 1. The summed E-state index contributed by atoms with van der Waals surface area (Å²) in [7, 11) is 0. The van der Waals surface area contributed by atoms with Crippen molar-refractivity contribution in [2.24, 2.45) is 0 Å². The second kappa shape index (κ2) is 6.12. The van der Waals surface area contributed by atoms with Crippen molar-refractivity contribution in [3.8, 4) is 12.0 Å². The van der Waals surface area contributed by atoms with Crippen molar-refractivity contribution in [2.75, 3.05) is 11.4 Å². The van der Waals surface area contributed by atoms with Crippen LogP contribution in [0, 0.1) is 11.5 Å². The second-order valence-electron chi connectivity index (χ2n) is 3.10. The van der Waals surface area contributed by atoms with E-state index in [2.05, 4.69) is 4.74 Å². The fourth-order valence-corrected chi connectivity index (χ4v) is 1.28. The van der Waals surface area contributed by atoms with Crippen molar-refractivity contribution in [3.05, 3.63) is 24.3 Å². The molecule has 17 heavy (non-hydrogen) atoms. The molecule has 1 aromatic rings. The Hall–Kier alpha value is -2.55. The van der Waals surface area contributed by atoms with E-state index in [1.54, 1.807) is 18.2 Å². The van der Waals surface area contributed by atoms with Gasteiger partial charge in [-0.1, -0.05) is 12.1 Å². The van der Waals surface area contributed by atoms with Crippen LogP contribution in [0.15, 0.2) is 24.3 Å². The third kappa shape index (κ3) is 3.50. The normalized spacial score (nSPS) is 9.12. The van der Waals surface area contributed by atoms with E-state index in [0.717, 1.165) is 0 Å². The van der Waals surface area contributed by atoms with Gasteiger partial charge in [0.1, 0.15) is 0 Å². The van der Waals surface area contributed by atoms with E-state index in [-0.39, 0.29) is 18.7 Å². The summed E-state index contributed by atoms with van der Waals surface area (Å²) in [6.45, 7) is 0.0185. The summed E-state index contributed by atoms with van der Waals surface area (Å²) in [6.07, 6.45) is 1.83. The summed E-state index contributed by atoms with van der Waals surface area (Å²) in [4.78, 5) is 22.5. The molecule has 0 heterocycles. The minimum absolute atomic E-state index is 0.0185. The number of hydrogen-bond donors (Lipinski definition) is 1. The van der Waals surface area contributed by atoms with Crippen molar-refractivity contribution >= 4 is 18.1 Å². The Morgan fingerprint density at radius 2 is 2.24 bits per heavy atom. The molecule has 0 radical (unpaired) electrons. The molecule has 88 valence electrons. The zero-order chi connectivity index (χ0) is 12.7. The lowest BCUT2D eigenvalue weighted by atomic mass is 10.2. The van der Waals surface area contributed by atoms with Crippen LogP contribution in [0.25, 0.3) is 0 Å². The molecule has 1 N–H and O–H groups in total. The average molecular weight is 234 g/mol. The molecule has 0 aliphatic carbocycles. The summed E-state index contributed by atoms with van der Waals surface area (Å²) in [5, 5.41) is 17.0. The van der Waals surface area contributed by atoms with E-state index in [0.29, 0.717) is 12.1 Å². The topological polar surface area (TPSA) is 90.6 Å². The van der Waals surface area contributed by atoms with Gasteiger partial charge in [0.2, 0.25) is 6.41 Å². The lowest BCUT2D eigenvalue weighted by Gasteiger charge is -2.17. The van der Waals surface area contributed by atoms with Gasteiger partial charge in [-0.25, -0.2) is 0 Å². The van der Waals surface area contributed by atoms with Gasteiger partial charge in [0.15, 0.2) is 5.75 Å². The molecule has 1 rings (SSSR count). The van der Waals surface area contributed by atoms with E-state index in [1.807, 2.05) is 0 Å². The number of carboxylic acid groups (broad SMARTS) is 1. The molecule has 6 heteroatoms. The summed E-state index contributed by atoms with van der Waals surface area (Å²) in [5.74, 6) is -0.789. The Bertz CT molecular complexity index is 453. The summed E-state index contributed by atoms with van der Waals surface area (Å²) < 4.78 is 4.68. The largest absolute Gasteiger partial charge is 0.481 e. The van der Waals surface area contributed by atoms with Gasteiger partial charge >= 0.3 is 5.97 Å². The summed E-state index contributed by atoms with van der Waals surface area (Å²) in [6, 6.07) is 6.41. The molecule has 0 aliphatic rings. The van der Waals surface area contributed by atoms with E-state index in [9.17, 15) is 9.59 Å². The maximum atomic E-state index is 10.9. The number of carboxylic acids is 1. The van der Waals surface area contributed by atoms with Crippen LogP contribution in [-0.4, -0.2) is 24.0 Å². The molecular weight excluding hydrogens is 224 g/mol. The van der Waals surface area contributed by atoms with Crippen LogP contribution in [0.1, 0.15) is 6.42 Å². The predicted octanol–water partition coefficient (Wildman–Crippen LogP) is 0.984. The molecule has 0 bridgehead atoms. The van der Waals surface area contributed by atoms with E-state index in [1.165, 1.54) is 17.2 Å². The number of amides is 1. The Balaban J connectivity index is 2.91. The molecule has 1 aromatic carbocycles. The van der Waals surface area contributed by atoms with Crippen LogP contribution >= 0.6 is 0 Å². The van der Waals surface area contributed by atoms with Crippen molar-refractivity contribution in [2.45, 2.75) is 6.42 Å². The standard InChI is InChI=1S/C11H10N2O4/c12-7-17-10-4-2-1-3-9(10)13(8-14)6-5-11(15)16/h1-4,8H,5-6H2,(H,15,16). The highest BCUT2D eigenvalue weighted by Gasteiger charge is 2.12. The minimum atomic E-state index is -1.00. The molecule has 0 spiro atoms. The lowest BCUT2D eigenvalue weighted by Crippen LogP contribution is -2.24. The number of benzene rings is 1. The van der Waals surface area contributed by atoms with E-state index in [4.69, 9.17) is 10.4 Å². The van der Waals surface area contributed by atoms with Crippen LogP contribution in [0.4, 0.5) is 5.69 Å². The van der Waals surface area contributed by atoms with Crippen LogP contribution in [-0.2, 0) is 9.59 Å². The molecule has 0 fully saturated rings. The Morgan fingerprint density at radius 3 is 2.82 bits per heavy atom. The number of anilines is 1. The Labute approximate surface area is 97.6 Å². The monoisotopic (exact) mass is 234 g/mol. The predicted molar refractivity (Wildman–Crippen MR) is 58.3 cm³/mol. The highest BCUT2D eigenvalue weighted by Crippen LogP contribution is 2.26. The van der Waals surface area contributed by atoms with E-state index >= 15 is 0 Å². The maximum Gasteiger partial charge on any atom is 0.305 e. The van der Waals surface area contributed by atoms with Gasteiger partial charge in [-0.2, -0.15) is 0 Å². The van der Waals surface area contributed by atoms with E-state index < -0.39 is 5.97 Å². The first kappa shape index (κ1) is 12.5. The van der Waals surface area contributed by atoms with Crippen molar-refractivity contribution < 1.29 is 19.4 Å². The Kier molecular flexibility index (Phi) is 4.51. The fourth-order valence-electron chi connectivity index (χ4n) is 1.28. The minimum Gasteiger partial charge on any atom is -0.481 e. The first-order valence-electron chi connectivity index (χ1n) is 4.77. The van der Waals surface area contributed by atoms with Crippen molar-refractivity contribution in [1.29, 1.82) is 5.26 Å².